The number of ether oxygens (including phenoxy) is 2. The van der Waals surface area contributed by atoms with Crippen LogP contribution in [0.4, 0.5) is 5.69 Å². The van der Waals surface area contributed by atoms with Gasteiger partial charge in [0.1, 0.15) is 18.1 Å². The number of benzene rings is 3. The molecule has 3 aromatic rings. The summed E-state index contributed by atoms with van der Waals surface area (Å²) in [5, 5.41) is 0. The van der Waals surface area contributed by atoms with Crippen molar-refractivity contribution in [3.05, 3.63) is 90.0 Å². The van der Waals surface area contributed by atoms with Crippen LogP contribution in [0.25, 0.3) is 0 Å². The molecule has 156 valence electrons. The molecule has 3 aromatic carbocycles. The first-order valence-electron chi connectivity index (χ1n) is 10.5. The number of nitrogen functional groups attached to an aromatic ring is 1. The van der Waals surface area contributed by atoms with Crippen LogP contribution < -0.4 is 26.1 Å². The first-order valence-corrected chi connectivity index (χ1v) is 10.5. The summed E-state index contributed by atoms with van der Waals surface area (Å²) in [5.74, 6) is 1.72. The quantitative estimate of drug-likeness (QED) is 0.368. The van der Waals surface area contributed by atoms with Crippen LogP contribution in [-0.2, 0) is 6.42 Å². The van der Waals surface area contributed by atoms with Crippen molar-refractivity contribution in [1.82, 2.24) is 10.9 Å². The fourth-order valence-corrected chi connectivity index (χ4v) is 3.68. The third-order valence-corrected chi connectivity index (χ3v) is 5.27. The van der Waals surface area contributed by atoms with Crippen molar-refractivity contribution in [3.63, 3.8) is 0 Å². The van der Waals surface area contributed by atoms with E-state index in [4.69, 9.17) is 15.2 Å². The molecular formula is C25H29N3O2. The number of hydrazine groups is 1. The lowest BCUT2D eigenvalue weighted by Gasteiger charge is -2.13. The van der Waals surface area contributed by atoms with E-state index in [0.29, 0.717) is 18.9 Å². The Morgan fingerprint density at radius 1 is 0.833 bits per heavy atom. The molecule has 2 unspecified atom stereocenters. The smallest absolute Gasteiger partial charge is 0.121 e. The summed E-state index contributed by atoms with van der Waals surface area (Å²) in [4.78, 5) is 0. The van der Waals surface area contributed by atoms with Crippen molar-refractivity contribution in [3.8, 4) is 11.5 Å². The van der Waals surface area contributed by atoms with Gasteiger partial charge in [0.2, 0.25) is 0 Å². The maximum Gasteiger partial charge on any atom is 0.121 e. The molecule has 0 amide bonds. The molecule has 0 radical (unpaired) electrons. The molecule has 4 N–H and O–H groups in total. The highest BCUT2D eigenvalue weighted by Crippen LogP contribution is 2.26. The van der Waals surface area contributed by atoms with Crippen LogP contribution in [0.1, 0.15) is 30.0 Å². The molecule has 30 heavy (non-hydrogen) atoms. The Hall–Kier alpha value is -3.02. The zero-order valence-corrected chi connectivity index (χ0v) is 17.1. The Kier molecular flexibility index (Phi) is 6.85. The second-order valence-corrected chi connectivity index (χ2v) is 7.67. The average molecular weight is 404 g/mol. The monoisotopic (exact) mass is 403 g/mol. The SMILES string of the molecule is Nc1cccc(OCC2CC(c3cccc(OCCCc4ccccc4)c3)NN2)c1. The third kappa shape index (κ3) is 5.75. The van der Waals surface area contributed by atoms with E-state index >= 15 is 0 Å². The molecular weight excluding hydrogens is 374 g/mol. The van der Waals surface area contributed by atoms with Gasteiger partial charge in [0.05, 0.1) is 12.6 Å². The van der Waals surface area contributed by atoms with Gasteiger partial charge < -0.3 is 15.2 Å². The number of rotatable bonds is 9. The largest absolute Gasteiger partial charge is 0.494 e. The van der Waals surface area contributed by atoms with Gasteiger partial charge in [-0.25, -0.2) is 5.43 Å². The molecule has 0 aromatic heterocycles. The van der Waals surface area contributed by atoms with E-state index in [2.05, 4.69) is 53.3 Å². The predicted molar refractivity (Wildman–Crippen MR) is 120 cm³/mol. The van der Waals surface area contributed by atoms with E-state index in [-0.39, 0.29) is 12.1 Å². The fourth-order valence-electron chi connectivity index (χ4n) is 3.68. The highest BCUT2D eigenvalue weighted by molar-refractivity contribution is 5.43. The minimum atomic E-state index is 0.229. The number of anilines is 1. The van der Waals surface area contributed by atoms with Gasteiger partial charge in [-0.1, -0.05) is 48.5 Å². The molecule has 5 nitrogen and oxygen atoms in total. The van der Waals surface area contributed by atoms with Gasteiger partial charge in [-0.05, 0) is 54.7 Å². The third-order valence-electron chi connectivity index (χ3n) is 5.27. The molecule has 1 heterocycles. The van der Waals surface area contributed by atoms with Gasteiger partial charge in [0.15, 0.2) is 0 Å². The van der Waals surface area contributed by atoms with E-state index in [1.807, 2.05) is 36.4 Å². The molecule has 4 rings (SSSR count). The highest BCUT2D eigenvalue weighted by Gasteiger charge is 2.25. The fraction of sp³-hybridized carbons (Fsp3) is 0.280. The molecule has 5 heteroatoms. The van der Waals surface area contributed by atoms with E-state index in [1.54, 1.807) is 0 Å². The minimum Gasteiger partial charge on any atom is -0.494 e. The molecule has 0 saturated carbocycles. The number of nitrogens with two attached hydrogens (primary N) is 1. The molecule has 0 bridgehead atoms. The summed E-state index contributed by atoms with van der Waals surface area (Å²) in [6, 6.07) is 26.9. The van der Waals surface area contributed by atoms with E-state index < -0.39 is 0 Å². The van der Waals surface area contributed by atoms with E-state index in [1.165, 1.54) is 11.1 Å². The standard InChI is InChI=1S/C25H29N3O2/c26-21-11-5-13-24(16-21)30-18-22-17-25(28-27-22)20-10-4-12-23(15-20)29-14-6-9-19-7-2-1-3-8-19/h1-5,7-8,10-13,15-16,22,25,27-28H,6,9,14,17-18,26H2. The van der Waals surface area contributed by atoms with Crippen LogP contribution in [0.2, 0.25) is 0 Å². The zero-order chi connectivity index (χ0) is 20.6. The first kappa shape index (κ1) is 20.3. The summed E-state index contributed by atoms with van der Waals surface area (Å²) in [7, 11) is 0. The van der Waals surface area contributed by atoms with Crippen LogP contribution in [-0.4, -0.2) is 19.3 Å². The van der Waals surface area contributed by atoms with E-state index in [9.17, 15) is 0 Å². The van der Waals surface area contributed by atoms with Crippen molar-refractivity contribution >= 4 is 5.69 Å². The van der Waals surface area contributed by atoms with Crippen LogP contribution in [0.15, 0.2) is 78.9 Å². The Labute approximate surface area is 178 Å². The second-order valence-electron chi connectivity index (χ2n) is 7.67. The predicted octanol–water partition coefficient (Wildman–Crippen LogP) is 4.27. The van der Waals surface area contributed by atoms with Crippen molar-refractivity contribution in [1.29, 1.82) is 0 Å². The Bertz CT molecular complexity index is 932. The van der Waals surface area contributed by atoms with Gasteiger partial charge in [-0.3, -0.25) is 5.43 Å². The second kappa shape index (κ2) is 10.1. The summed E-state index contributed by atoms with van der Waals surface area (Å²) in [6.07, 6.45) is 2.98. The van der Waals surface area contributed by atoms with Crippen LogP contribution in [0.3, 0.4) is 0 Å². The van der Waals surface area contributed by atoms with Crippen molar-refractivity contribution < 1.29 is 9.47 Å². The van der Waals surface area contributed by atoms with Crippen molar-refractivity contribution in [2.75, 3.05) is 18.9 Å². The topological polar surface area (TPSA) is 68.5 Å². The number of hydrogen-bond acceptors (Lipinski definition) is 5. The maximum atomic E-state index is 5.99. The summed E-state index contributed by atoms with van der Waals surface area (Å²) in [5.41, 5.74) is 15.8. The van der Waals surface area contributed by atoms with Gasteiger partial charge in [-0.2, -0.15) is 0 Å². The summed E-state index contributed by atoms with van der Waals surface area (Å²) >= 11 is 0. The van der Waals surface area contributed by atoms with Gasteiger partial charge in [-0.15, -0.1) is 0 Å². The Balaban J connectivity index is 1.23. The van der Waals surface area contributed by atoms with Crippen molar-refractivity contribution in [2.45, 2.75) is 31.3 Å². The molecule has 2 atom stereocenters. The Morgan fingerprint density at radius 3 is 2.47 bits per heavy atom. The van der Waals surface area contributed by atoms with Gasteiger partial charge in [0, 0.05) is 17.8 Å². The highest BCUT2D eigenvalue weighted by atomic mass is 16.5. The van der Waals surface area contributed by atoms with Crippen molar-refractivity contribution in [2.24, 2.45) is 0 Å². The maximum absolute atomic E-state index is 5.99. The molecule has 0 aliphatic carbocycles. The molecule has 1 saturated heterocycles. The van der Waals surface area contributed by atoms with Gasteiger partial charge >= 0.3 is 0 Å². The normalized spacial score (nSPS) is 18.3. The van der Waals surface area contributed by atoms with Crippen LogP contribution in [0, 0.1) is 0 Å². The lowest BCUT2D eigenvalue weighted by atomic mass is 10.0. The van der Waals surface area contributed by atoms with E-state index in [0.717, 1.165) is 30.8 Å². The van der Waals surface area contributed by atoms with Gasteiger partial charge in [0.25, 0.3) is 0 Å². The molecule has 1 aliphatic rings. The first-order chi connectivity index (χ1) is 14.8. The molecule has 1 fully saturated rings. The van der Waals surface area contributed by atoms with Crippen LogP contribution in [0.5, 0.6) is 11.5 Å². The molecule has 1 aliphatic heterocycles. The zero-order valence-electron chi connectivity index (χ0n) is 17.1. The molecule has 0 spiro atoms. The van der Waals surface area contributed by atoms with Crippen LogP contribution >= 0.6 is 0 Å². The Morgan fingerprint density at radius 2 is 1.63 bits per heavy atom. The average Bonchev–Trinajstić information content (AvgIpc) is 3.26. The summed E-state index contributed by atoms with van der Waals surface area (Å²) in [6.45, 7) is 1.30. The number of hydrogen-bond donors (Lipinski definition) is 3. The lowest BCUT2D eigenvalue weighted by molar-refractivity contribution is 0.273. The minimum absolute atomic E-state index is 0.229. The number of aryl methyl sites for hydroxylation is 1. The summed E-state index contributed by atoms with van der Waals surface area (Å²) < 4.78 is 11.9. The lowest BCUT2D eigenvalue weighted by Crippen LogP contribution is -2.34. The number of nitrogens with one attached hydrogen (secondary N) is 2.